The summed E-state index contributed by atoms with van der Waals surface area (Å²) in [6.45, 7) is 14.4. The molecule has 0 unspecified atom stereocenters. The summed E-state index contributed by atoms with van der Waals surface area (Å²) in [4.78, 5) is 14.8. The zero-order chi connectivity index (χ0) is 62.7. The molecule has 12 N–H and O–H groups in total. The molecule has 14 atom stereocenters. The summed E-state index contributed by atoms with van der Waals surface area (Å²) in [5.74, 6) is 0. The average Bonchev–Trinajstić information content (AvgIpc) is 3.86. The fraction of sp³-hybridized carbons (Fsp3) is 0.769. The Labute approximate surface area is 580 Å². The van der Waals surface area contributed by atoms with E-state index in [1.807, 2.05) is 0 Å². The van der Waals surface area contributed by atoms with Gasteiger partial charge in [-0.25, -0.2) is 0 Å². The normalized spacial score (nSPS) is 32.4. The third-order valence-corrected chi connectivity index (χ3v) is 19.9. The molecule has 3 aromatic rings. The van der Waals surface area contributed by atoms with E-state index in [4.69, 9.17) is 75.5 Å². The molecule has 15 nitrogen and oxygen atoms in total. The Bertz CT molecular complexity index is 2090. The van der Waals surface area contributed by atoms with E-state index in [-0.39, 0.29) is 51.5 Å². The maximum absolute atomic E-state index is 5.06. The van der Waals surface area contributed by atoms with Crippen LogP contribution < -0.4 is 63.8 Å². The summed E-state index contributed by atoms with van der Waals surface area (Å²) in [5, 5.41) is 46.0. The molecule has 3 aromatic heterocycles. The molecule has 6 heterocycles. The van der Waals surface area contributed by atoms with Gasteiger partial charge in [-0.05, 0) is 127 Å². The molecule has 507 valence electrons. The van der Waals surface area contributed by atoms with Crippen molar-refractivity contribution >= 4 is 60.6 Å². The van der Waals surface area contributed by atoms with Crippen LogP contribution in [0, 0.1) is 0 Å². The van der Waals surface area contributed by atoms with Crippen molar-refractivity contribution in [1.82, 2.24) is 78.8 Å². The predicted octanol–water partition coefficient (Wildman–Crippen LogP) is 11.5. The van der Waals surface area contributed by atoms with Gasteiger partial charge < -0.3 is 63.8 Å². The first-order valence-corrected chi connectivity index (χ1v) is 43.8. The Morgan fingerprint density at radius 3 is 0.708 bits per heavy atom. The number of nitrogens with one attached hydrogen (secondary N) is 12. The second kappa shape index (κ2) is 45.7. The largest absolute Gasteiger partial charge is 0.311 e. The average molecular weight is 1480 g/mol. The van der Waals surface area contributed by atoms with Crippen LogP contribution in [0.25, 0.3) is 0 Å². The van der Waals surface area contributed by atoms with E-state index in [2.05, 4.69) is 132 Å². The molecular weight excluding hydrogens is 1370 g/mol. The Kier molecular flexibility index (Phi) is 39.4. The van der Waals surface area contributed by atoms with Gasteiger partial charge in [-0.2, -0.15) is 0 Å². The van der Waals surface area contributed by atoms with Gasteiger partial charge in [-0.1, -0.05) is 95.2 Å². The maximum Gasteiger partial charge on any atom is 0.0545 e. The first kappa shape index (κ1) is 76.6. The fourth-order valence-electron chi connectivity index (χ4n) is 15.3. The van der Waals surface area contributed by atoms with Gasteiger partial charge in [0.2, 0.25) is 0 Å². The van der Waals surface area contributed by atoms with Crippen molar-refractivity contribution in [3.05, 3.63) is 88.8 Å². The monoisotopic (exact) mass is 1470 g/mol. The molecule has 24 heteroatoms. The van der Waals surface area contributed by atoms with Crippen LogP contribution in [0.5, 0.6) is 0 Å². The Hall–Kier alpha value is 0.268. The zero-order valence-corrected chi connectivity index (χ0v) is 61.1. The second-order valence-corrected chi connectivity index (χ2v) is 31.7. The predicted molar refractivity (Wildman–Crippen MR) is 363 cm³/mol. The number of rotatable bonds is 0. The van der Waals surface area contributed by atoms with Crippen LogP contribution in [0.2, 0.25) is 0 Å². The molecule has 3 aliphatic heterocycles. The van der Waals surface area contributed by atoms with Crippen LogP contribution in [0.15, 0.2) is 54.6 Å². The first-order chi connectivity index (χ1) is 43.7. The van der Waals surface area contributed by atoms with E-state index in [0.717, 1.165) is 65.4 Å². The van der Waals surface area contributed by atoms with Crippen LogP contribution in [-0.4, -0.2) is 127 Å². The summed E-state index contributed by atoms with van der Waals surface area (Å²) in [6.07, 6.45) is 31.5. The maximum atomic E-state index is 5.06. The van der Waals surface area contributed by atoms with Gasteiger partial charge in [0.15, 0.2) is 0 Å². The van der Waals surface area contributed by atoms with E-state index < -0.39 is 0 Å². The molecule has 12 rings (SSSR count). The number of aromatic nitrogens is 3. The minimum absolute atomic E-state index is 0.00694. The topological polar surface area (TPSA) is 183 Å². The summed E-state index contributed by atoms with van der Waals surface area (Å²) >= 11 is 0.0208. The summed E-state index contributed by atoms with van der Waals surface area (Å²) in [7, 11) is 28.8. The molecule has 6 aliphatic carbocycles. The van der Waals surface area contributed by atoms with Crippen molar-refractivity contribution in [3.8, 4) is 0 Å². The van der Waals surface area contributed by atoms with Crippen LogP contribution in [-0.2, 0) is 65.6 Å². The molecule has 6 fully saturated rings. The van der Waals surface area contributed by atoms with E-state index >= 15 is 0 Å². The molecule has 0 saturated heterocycles. The third-order valence-electron chi connectivity index (χ3n) is 19.9. The van der Waals surface area contributed by atoms with E-state index in [0.29, 0.717) is 72.5 Å². The summed E-state index contributed by atoms with van der Waals surface area (Å²) < 4.78 is 0. The van der Waals surface area contributed by atoms with Crippen LogP contribution >= 0.6 is 60.6 Å². The number of fused-ring (bicyclic) bond motifs is 12. The van der Waals surface area contributed by atoms with E-state index in [9.17, 15) is 0 Å². The van der Waals surface area contributed by atoms with Crippen molar-refractivity contribution < 1.29 is 39.4 Å². The fourth-order valence-corrected chi connectivity index (χ4v) is 15.3. The van der Waals surface area contributed by atoms with Gasteiger partial charge >= 0.3 is 100.0 Å². The summed E-state index contributed by atoms with van der Waals surface area (Å²) in [5.41, 5.74) is 7.01. The van der Waals surface area contributed by atoms with Crippen molar-refractivity contribution in [2.45, 2.75) is 279 Å². The molecule has 0 spiro atoms. The molecule has 6 saturated carbocycles. The molecule has 0 aromatic carbocycles. The van der Waals surface area contributed by atoms with E-state index in [1.54, 1.807) is 0 Å². The zero-order valence-electron chi connectivity index (χ0n) is 53.1. The molecule has 6 bridgehead atoms. The van der Waals surface area contributed by atoms with Crippen molar-refractivity contribution in [2.24, 2.45) is 0 Å². The van der Waals surface area contributed by atoms with Crippen LogP contribution in [0.3, 0.4) is 0 Å². The van der Waals surface area contributed by atoms with E-state index in [1.165, 1.54) is 188 Å². The quantitative estimate of drug-likeness (QED) is 0.0955. The smallest absolute Gasteiger partial charge is 0.0545 e. The Morgan fingerprint density at radius 1 is 0.281 bits per heavy atom. The van der Waals surface area contributed by atoms with Crippen molar-refractivity contribution in [1.29, 1.82) is 0 Å². The molecule has 0 radical (unpaired) electrons. The van der Waals surface area contributed by atoms with Crippen molar-refractivity contribution in [2.75, 3.05) is 39.3 Å². The Balaban J connectivity index is 0.000000178. The molecule has 9 aliphatic rings. The van der Waals surface area contributed by atoms with Gasteiger partial charge in [0, 0.05) is 150 Å². The Morgan fingerprint density at radius 2 is 0.472 bits per heavy atom. The second-order valence-electron chi connectivity index (χ2n) is 25.9. The van der Waals surface area contributed by atoms with Crippen LogP contribution in [0.1, 0.15) is 214 Å². The third kappa shape index (κ3) is 28.0. The van der Waals surface area contributed by atoms with Gasteiger partial charge in [0.05, 0.1) is 34.2 Å². The summed E-state index contributed by atoms with van der Waals surface area (Å²) in [6, 6.07) is 26.9. The number of halogens is 6. The number of hydrogen-bond acceptors (Lipinski definition) is 15. The molecule has 0 amide bonds. The number of nitrogens with zero attached hydrogens (tertiary/aromatic N) is 3. The standard InChI is InChI=1S/C23H39N5.2C21H35N5.6ClH.3Mn/c1-16-18-12-7-13-19(28-18)17(2)27-23-11-6-4-9-21(23)25-15-14-24-20-8-3-5-10-22(20)26-16;2*1-3-10-20-18(8-1)22-12-13-23-19-9-2-4-11-21(19)25-15-17-7-5-6-16(26-17)14-24-20;;;;;;;;;/h7,12-13,16-17,20-27H,3-6,8-11,14-15H2,1-2H3;2*5-7,18-25H,1-4,8-15H2;6*1H;;;/q;;;;;;;;;3*+2/p-6/t16-,17-,20+,21+,22+,23+;2*18-,19-,20-,21-;;;;;;;;;/m010........./s1. The minimum atomic E-state index is 0.00694. The van der Waals surface area contributed by atoms with Crippen LogP contribution in [0.4, 0.5) is 0 Å². The van der Waals surface area contributed by atoms with Gasteiger partial charge in [-0.3, -0.25) is 15.0 Å². The van der Waals surface area contributed by atoms with Gasteiger partial charge in [0.25, 0.3) is 0 Å². The first-order valence-electron chi connectivity index (χ1n) is 34.1. The van der Waals surface area contributed by atoms with Gasteiger partial charge in [0.1, 0.15) is 0 Å². The molecular formula is C65H109Cl6Mn3N15. The SMILES string of the molecule is C[C@@H]1N[C@@H]2CCCC[C@H]2NCCN[C@@H]2CCCC[C@H]2N[C@@H](C)c2cccc1n2.[Cl][Mn][Cl].[Cl][Mn][Cl].[Cl][Mn][Cl].c1cc2nc(c1)CN[C@@H]1CCCC[C@H]1NCCN[C@@H]1CCCC[C@H]1NC2.c1cc2nc(c1)CN[C@H]1CCCC[C@@H]1NCCN[C@H]1CCCC[C@@H]1NC2. The number of pyridine rings is 3. The minimum Gasteiger partial charge on any atom is -0.311 e. The number of hydrogen-bond donors (Lipinski definition) is 12. The van der Waals surface area contributed by atoms with Gasteiger partial charge in [-0.15, -0.1) is 0 Å². The van der Waals surface area contributed by atoms with Crippen molar-refractivity contribution in [3.63, 3.8) is 0 Å². The molecule has 89 heavy (non-hydrogen) atoms.